The second kappa shape index (κ2) is 13.5. The molecular formula is C30H22Cl2N2O7. The third-order valence-corrected chi connectivity index (χ3v) is 6.08. The summed E-state index contributed by atoms with van der Waals surface area (Å²) in [6, 6.07) is 21.3. The Morgan fingerprint density at radius 3 is 1.80 bits per heavy atom. The summed E-state index contributed by atoms with van der Waals surface area (Å²) in [5.74, 6) is -0.866. The van der Waals surface area contributed by atoms with Gasteiger partial charge < -0.3 is 18.9 Å². The molecule has 0 saturated carbocycles. The number of benzene rings is 4. The van der Waals surface area contributed by atoms with Crippen LogP contribution in [0.1, 0.15) is 36.6 Å². The average Bonchev–Trinajstić information content (AvgIpc) is 2.98. The Morgan fingerprint density at radius 2 is 1.22 bits per heavy atom. The van der Waals surface area contributed by atoms with E-state index in [0.717, 1.165) is 0 Å². The van der Waals surface area contributed by atoms with E-state index in [1.807, 2.05) is 0 Å². The monoisotopic (exact) mass is 592 g/mol. The molecule has 0 fully saturated rings. The van der Waals surface area contributed by atoms with Gasteiger partial charge in [0.25, 0.3) is 5.91 Å². The minimum atomic E-state index is -0.688. The smallest absolute Gasteiger partial charge is 0.343 e. The first-order valence-electron chi connectivity index (χ1n) is 11.9. The molecule has 0 aromatic heterocycles. The molecule has 9 nitrogen and oxygen atoms in total. The third kappa shape index (κ3) is 7.63. The molecule has 11 heteroatoms. The SMILES string of the molecule is COc1ccc(C(=O)N/N=C/c2ccc(OC(=O)c3ccc(Cl)cc3)cc2OC(=O)c2ccc(Cl)cc2)cc1OC. The lowest BCUT2D eigenvalue weighted by atomic mass is 10.2. The molecule has 41 heavy (non-hydrogen) atoms. The van der Waals surface area contributed by atoms with Crippen LogP contribution in [0.2, 0.25) is 10.0 Å². The van der Waals surface area contributed by atoms with Gasteiger partial charge in [0.15, 0.2) is 11.5 Å². The first-order chi connectivity index (χ1) is 19.8. The summed E-state index contributed by atoms with van der Waals surface area (Å²) < 4.78 is 21.5. The number of halogens is 2. The van der Waals surface area contributed by atoms with Crippen LogP contribution in [-0.2, 0) is 0 Å². The van der Waals surface area contributed by atoms with E-state index in [0.29, 0.717) is 27.1 Å². The molecule has 4 rings (SSSR count). The van der Waals surface area contributed by atoms with Crippen LogP contribution in [0, 0.1) is 0 Å². The summed E-state index contributed by atoms with van der Waals surface area (Å²) >= 11 is 11.8. The number of nitrogens with one attached hydrogen (secondary N) is 1. The van der Waals surface area contributed by atoms with Gasteiger partial charge in [-0.15, -0.1) is 0 Å². The summed E-state index contributed by atoms with van der Waals surface area (Å²) in [6.45, 7) is 0. The maximum absolute atomic E-state index is 12.8. The molecule has 0 radical (unpaired) electrons. The minimum Gasteiger partial charge on any atom is -0.493 e. The Kier molecular flexibility index (Phi) is 9.57. The van der Waals surface area contributed by atoms with Crippen LogP contribution in [0.5, 0.6) is 23.0 Å². The van der Waals surface area contributed by atoms with Gasteiger partial charge in [0.1, 0.15) is 11.5 Å². The highest BCUT2D eigenvalue weighted by Crippen LogP contribution is 2.28. The Morgan fingerprint density at radius 1 is 0.659 bits per heavy atom. The number of methoxy groups -OCH3 is 2. The first-order valence-corrected chi connectivity index (χ1v) is 12.7. The predicted molar refractivity (Wildman–Crippen MR) is 154 cm³/mol. The number of hydrogen-bond acceptors (Lipinski definition) is 8. The fraction of sp³-hybridized carbons (Fsp3) is 0.0667. The molecule has 0 spiro atoms. The first kappa shape index (κ1) is 29.1. The van der Waals surface area contributed by atoms with Gasteiger partial charge in [0, 0.05) is 27.2 Å². The summed E-state index contributed by atoms with van der Waals surface area (Å²) in [5, 5.41) is 4.92. The van der Waals surface area contributed by atoms with Crippen molar-refractivity contribution in [3.05, 3.63) is 117 Å². The van der Waals surface area contributed by atoms with E-state index in [4.69, 9.17) is 42.1 Å². The predicted octanol–water partition coefficient (Wildman–Crippen LogP) is 6.21. The van der Waals surface area contributed by atoms with Crippen molar-refractivity contribution >= 4 is 47.3 Å². The molecule has 4 aromatic rings. The van der Waals surface area contributed by atoms with E-state index in [1.54, 1.807) is 36.4 Å². The van der Waals surface area contributed by atoms with Crippen molar-refractivity contribution in [2.75, 3.05) is 14.2 Å². The van der Waals surface area contributed by atoms with Crippen LogP contribution in [0.25, 0.3) is 0 Å². The van der Waals surface area contributed by atoms with Crippen molar-refractivity contribution in [3.8, 4) is 23.0 Å². The Balaban J connectivity index is 1.56. The standard InChI is InChI=1S/C30H22Cl2N2O7/c1-38-25-14-8-20(15-27(25)39-2)28(35)34-33-17-21-7-13-24(40-29(36)18-3-9-22(31)10-4-18)16-26(21)41-30(37)19-5-11-23(32)12-6-19/h3-17H,1-2H3,(H,34,35)/b33-17+. The summed E-state index contributed by atoms with van der Waals surface area (Å²) in [5.41, 5.74) is 3.51. The molecule has 1 amide bonds. The highest BCUT2D eigenvalue weighted by molar-refractivity contribution is 6.31. The van der Waals surface area contributed by atoms with E-state index >= 15 is 0 Å². The van der Waals surface area contributed by atoms with Gasteiger partial charge in [-0.2, -0.15) is 5.10 Å². The Labute approximate surface area is 245 Å². The van der Waals surface area contributed by atoms with Crippen LogP contribution in [0.15, 0.2) is 90.0 Å². The zero-order valence-corrected chi connectivity index (χ0v) is 23.2. The van der Waals surface area contributed by atoms with Crippen molar-refractivity contribution in [1.82, 2.24) is 5.43 Å². The maximum atomic E-state index is 12.8. The molecule has 0 heterocycles. The van der Waals surface area contributed by atoms with Crippen molar-refractivity contribution in [1.29, 1.82) is 0 Å². The highest BCUT2D eigenvalue weighted by Gasteiger charge is 2.16. The average molecular weight is 593 g/mol. The van der Waals surface area contributed by atoms with Gasteiger partial charge >= 0.3 is 11.9 Å². The van der Waals surface area contributed by atoms with Gasteiger partial charge in [-0.25, -0.2) is 15.0 Å². The molecule has 0 saturated heterocycles. The van der Waals surface area contributed by atoms with E-state index in [-0.39, 0.29) is 28.2 Å². The van der Waals surface area contributed by atoms with Gasteiger partial charge in [-0.05, 0) is 78.9 Å². The molecule has 0 aliphatic rings. The van der Waals surface area contributed by atoms with E-state index in [2.05, 4.69) is 10.5 Å². The van der Waals surface area contributed by atoms with Crippen molar-refractivity contribution < 1.29 is 33.3 Å². The lowest BCUT2D eigenvalue weighted by molar-refractivity contribution is 0.0732. The fourth-order valence-corrected chi connectivity index (χ4v) is 3.72. The van der Waals surface area contributed by atoms with Gasteiger partial charge in [0.2, 0.25) is 0 Å². The molecule has 0 unspecified atom stereocenters. The Bertz CT molecular complexity index is 1600. The number of rotatable bonds is 9. The molecule has 4 aromatic carbocycles. The number of hydrogen-bond donors (Lipinski definition) is 1. The quantitative estimate of drug-likeness (QED) is 0.106. The lowest BCUT2D eigenvalue weighted by Crippen LogP contribution is -2.18. The second-order valence-electron chi connectivity index (χ2n) is 8.26. The lowest BCUT2D eigenvalue weighted by Gasteiger charge is -2.11. The number of esters is 2. The van der Waals surface area contributed by atoms with Crippen LogP contribution < -0.4 is 24.4 Å². The normalized spacial score (nSPS) is 10.6. The molecule has 208 valence electrons. The fourth-order valence-electron chi connectivity index (χ4n) is 3.47. The summed E-state index contributed by atoms with van der Waals surface area (Å²) in [6.07, 6.45) is 1.29. The van der Waals surface area contributed by atoms with E-state index in [1.165, 1.54) is 69.0 Å². The van der Waals surface area contributed by atoms with Crippen LogP contribution in [0.4, 0.5) is 0 Å². The number of nitrogens with zero attached hydrogens (tertiary/aromatic N) is 1. The maximum Gasteiger partial charge on any atom is 0.343 e. The van der Waals surface area contributed by atoms with Gasteiger partial charge in [0.05, 0.1) is 31.6 Å². The summed E-state index contributed by atoms with van der Waals surface area (Å²) in [4.78, 5) is 38.0. The Hall–Kier alpha value is -4.86. The zero-order chi connectivity index (χ0) is 29.4. The van der Waals surface area contributed by atoms with Crippen molar-refractivity contribution in [2.24, 2.45) is 5.10 Å². The van der Waals surface area contributed by atoms with Crippen LogP contribution >= 0.6 is 23.2 Å². The molecular weight excluding hydrogens is 571 g/mol. The molecule has 0 aliphatic heterocycles. The molecule has 1 N–H and O–H groups in total. The topological polar surface area (TPSA) is 113 Å². The second-order valence-corrected chi connectivity index (χ2v) is 9.13. The van der Waals surface area contributed by atoms with Gasteiger partial charge in [-0.1, -0.05) is 23.2 Å². The number of hydrazone groups is 1. The van der Waals surface area contributed by atoms with Crippen LogP contribution in [-0.4, -0.2) is 38.3 Å². The van der Waals surface area contributed by atoms with E-state index in [9.17, 15) is 14.4 Å². The summed E-state index contributed by atoms with van der Waals surface area (Å²) in [7, 11) is 2.95. The largest absolute Gasteiger partial charge is 0.493 e. The van der Waals surface area contributed by atoms with Gasteiger partial charge in [-0.3, -0.25) is 4.79 Å². The van der Waals surface area contributed by atoms with E-state index < -0.39 is 17.8 Å². The molecule has 0 bridgehead atoms. The number of carbonyl (C=O) groups is 3. The van der Waals surface area contributed by atoms with Crippen LogP contribution in [0.3, 0.4) is 0 Å². The molecule has 0 aliphatic carbocycles. The van der Waals surface area contributed by atoms with Crippen molar-refractivity contribution in [2.45, 2.75) is 0 Å². The number of ether oxygens (including phenoxy) is 4. The minimum absolute atomic E-state index is 0.0236. The van der Waals surface area contributed by atoms with Crippen molar-refractivity contribution in [3.63, 3.8) is 0 Å². The number of carbonyl (C=O) groups excluding carboxylic acids is 3. The number of amides is 1. The zero-order valence-electron chi connectivity index (χ0n) is 21.7. The third-order valence-electron chi connectivity index (χ3n) is 5.57. The molecule has 0 atom stereocenters. The highest BCUT2D eigenvalue weighted by atomic mass is 35.5.